The Balaban J connectivity index is 1.78. The largest absolute Gasteiger partial charge is 0.348 e. The third kappa shape index (κ3) is 2.05. The van der Waals surface area contributed by atoms with E-state index in [0.29, 0.717) is 17.7 Å². The van der Waals surface area contributed by atoms with Crippen LogP contribution in [0.15, 0.2) is 24.3 Å². The van der Waals surface area contributed by atoms with E-state index in [4.69, 9.17) is 9.47 Å². The fourth-order valence-electron chi connectivity index (χ4n) is 2.46. The minimum absolute atomic E-state index is 0.232. The molecule has 2 aliphatic heterocycles. The van der Waals surface area contributed by atoms with Crippen LogP contribution in [0.3, 0.4) is 0 Å². The lowest BCUT2D eigenvalue weighted by molar-refractivity contribution is -0.139. The standard InChI is InChI=1S/C14H15NO4/c1-14(2)18-8-9(19-14)7-15-12(16)10-5-3-4-6-11(10)13(15)17/h3-6,9H,7-8H2,1-2H3. The minimum atomic E-state index is -0.649. The highest BCUT2D eigenvalue weighted by Crippen LogP contribution is 2.27. The first kappa shape index (κ1) is 12.3. The molecule has 5 nitrogen and oxygen atoms in total. The molecule has 2 amide bonds. The van der Waals surface area contributed by atoms with E-state index in [1.807, 2.05) is 13.8 Å². The Morgan fingerprint density at radius 1 is 1.21 bits per heavy atom. The number of ether oxygens (including phenoxy) is 2. The number of benzene rings is 1. The van der Waals surface area contributed by atoms with Gasteiger partial charge in [0.1, 0.15) is 6.10 Å². The van der Waals surface area contributed by atoms with Crippen LogP contribution in [-0.2, 0) is 9.47 Å². The number of hydrogen-bond acceptors (Lipinski definition) is 4. The lowest BCUT2D eigenvalue weighted by Crippen LogP contribution is -2.38. The Morgan fingerprint density at radius 2 is 1.79 bits per heavy atom. The molecule has 0 N–H and O–H groups in total. The van der Waals surface area contributed by atoms with Crippen molar-refractivity contribution in [2.45, 2.75) is 25.7 Å². The lowest BCUT2D eigenvalue weighted by Gasteiger charge is -2.20. The first-order valence-corrected chi connectivity index (χ1v) is 6.25. The van der Waals surface area contributed by atoms with E-state index in [9.17, 15) is 9.59 Å². The second-order valence-electron chi connectivity index (χ2n) is 5.22. The van der Waals surface area contributed by atoms with Crippen molar-refractivity contribution in [2.75, 3.05) is 13.2 Å². The van der Waals surface area contributed by atoms with E-state index in [-0.39, 0.29) is 24.5 Å². The van der Waals surface area contributed by atoms with Gasteiger partial charge in [-0.25, -0.2) is 0 Å². The van der Waals surface area contributed by atoms with Crippen molar-refractivity contribution in [3.8, 4) is 0 Å². The fourth-order valence-corrected chi connectivity index (χ4v) is 2.46. The Morgan fingerprint density at radius 3 is 2.26 bits per heavy atom. The van der Waals surface area contributed by atoms with E-state index in [1.165, 1.54) is 4.90 Å². The normalized spacial score (nSPS) is 24.9. The van der Waals surface area contributed by atoms with Gasteiger partial charge in [-0.15, -0.1) is 0 Å². The molecular weight excluding hydrogens is 246 g/mol. The van der Waals surface area contributed by atoms with Gasteiger partial charge in [-0.3, -0.25) is 14.5 Å². The molecule has 1 saturated heterocycles. The van der Waals surface area contributed by atoms with Crippen molar-refractivity contribution >= 4 is 11.8 Å². The second kappa shape index (κ2) is 4.15. The van der Waals surface area contributed by atoms with Gasteiger partial charge in [-0.2, -0.15) is 0 Å². The number of carbonyl (C=O) groups excluding carboxylic acids is 2. The molecule has 5 heteroatoms. The molecule has 2 aliphatic rings. The Labute approximate surface area is 111 Å². The van der Waals surface area contributed by atoms with Gasteiger partial charge < -0.3 is 9.47 Å². The van der Waals surface area contributed by atoms with Crippen molar-refractivity contribution in [2.24, 2.45) is 0 Å². The zero-order valence-corrected chi connectivity index (χ0v) is 10.9. The van der Waals surface area contributed by atoms with Crippen LogP contribution in [0.1, 0.15) is 34.6 Å². The summed E-state index contributed by atoms with van der Waals surface area (Å²) in [5.74, 6) is -1.16. The number of fused-ring (bicyclic) bond motifs is 1. The minimum Gasteiger partial charge on any atom is -0.348 e. The summed E-state index contributed by atoms with van der Waals surface area (Å²) in [6.07, 6.45) is -0.266. The summed E-state index contributed by atoms with van der Waals surface area (Å²) < 4.78 is 11.1. The van der Waals surface area contributed by atoms with Crippen molar-refractivity contribution in [1.82, 2.24) is 4.90 Å². The topological polar surface area (TPSA) is 55.8 Å². The van der Waals surface area contributed by atoms with Gasteiger partial charge >= 0.3 is 0 Å². The first-order valence-electron chi connectivity index (χ1n) is 6.25. The summed E-state index contributed by atoms with van der Waals surface area (Å²) in [6, 6.07) is 6.86. The zero-order chi connectivity index (χ0) is 13.6. The molecule has 1 unspecified atom stereocenters. The molecule has 0 spiro atoms. The highest BCUT2D eigenvalue weighted by Gasteiger charge is 2.40. The van der Waals surface area contributed by atoms with Crippen LogP contribution < -0.4 is 0 Å². The lowest BCUT2D eigenvalue weighted by atomic mass is 10.1. The van der Waals surface area contributed by atoms with Gasteiger partial charge in [0.15, 0.2) is 5.79 Å². The van der Waals surface area contributed by atoms with Crippen molar-refractivity contribution in [3.05, 3.63) is 35.4 Å². The zero-order valence-electron chi connectivity index (χ0n) is 10.9. The van der Waals surface area contributed by atoms with Crippen molar-refractivity contribution in [3.63, 3.8) is 0 Å². The molecule has 19 heavy (non-hydrogen) atoms. The highest BCUT2D eigenvalue weighted by molar-refractivity contribution is 6.21. The van der Waals surface area contributed by atoms with Gasteiger partial charge in [0.05, 0.1) is 24.3 Å². The molecule has 1 atom stereocenters. The predicted molar refractivity (Wildman–Crippen MR) is 66.7 cm³/mol. The molecule has 1 fully saturated rings. The monoisotopic (exact) mass is 261 g/mol. The molecule has 1 aromatic rings. The molecule has 100 valence electrons. The maximum absolute atomic E-state index is 12.2. The summed E-state index contributed by atoms with van der Waals surface area (Å²) in [6.45, 7) is 4.25. The van der Waals surface area contributed by atoms with Gasteiger partial charge in [-0.1, -0.05) is 12.1 Å². The first-order chi connectivity index (χ1) is 8.98. The van der Waals surface area contributed by atoms with Crippen LogP contribution in [0.4, 0.5) is 0 Å². The van der Waals surface area contributed by atoms with Gasteiger partial charge in [-0.05, 0) is 26.0 Å². The van der Waals surface area contributed by atoms with Crippen LogP contribution in [0.5, 0.6) is 0 Å². The number of amides is 2. The summed E-state index contributed by atoms with van der Waals surface area (Å²) in [5.41, 5.74) is 0.927. The summed E-state index contributed by atoms with van der Waals surface area (Å²) in [7, 11) is 0. The predicted octanol–water partition coefficient (Wildman–Crippen LogP) is 1.43. The maximum Gasteiger partial charge on any atom is 0.261 e. The van der Waals surface area contributed by atoms with E-state index in [2.05, 4.69) is 0 Å². The van der Waals surface area contributed by atoms with E-state index in [1.54, 1.807) is 24.3 Å². The quantitative estimate of drug-likeness (QED) is 0.756. The van der Waals surface area contributed by atoms with Crippen LogP contribution >= 0.6 is 0 Å². The van der Waals surface area contributed by atoms with Crippen LogP contribution in [0, 0.1) is 0 Å². The fraction of sp³-hybridized carbons (Fsp3) is 0.429. The second-order valence-corrected chi connectivity index (χ2v) is 5.22. The smallest absolute Gasteiger partial charge is 0.261 e. The van der Waals surface area contributed by atoms with Gasteiger partial charge in [0, 0.05) is 0 Å². The summed E-state index contributed by atoms with van der Waals surface area (Å²) >= 11 is 0. The molecule has 0 bridgehead atoms. The third-order valence-electron chi connectivity index (χ3n) is 3.33. The van der Waals surface area contributed by atoms with E-state index < -0.39 is 5.79 Å². The third-order valence-corrected chi connectivity index (χ3v) is 3.33. The Bertz CT molecular complexity index is 517. The molecule has 3 rings (SSSR count). The van der Waals surface area contributed by atoms with Crippen LogP contribution in [-0.4, -0.2) is 41.8 Å². The molecule has 0 aromatic heterocycles. The Hall–Kier alpha value is -1.72. The summed E-state index contributed by atoms with van der Waals surface area (Å²) in [5, 5.41) is 0. The molecule has 0 saturated carbocycles. The Kier molecular flexibility index (Phi) is 2.69. The molecule has 2 heterocycles. The van der Waals surface area contributed by atoms with Crippen molar-refractivity contribution in [1.29, 1.82) is 0 Å². The average molecular weight is 261 g/mol. The molecule has 0 aliphatic carbocycles. The van der Waals surface area contributed by atoms with Gasteiger partial charge in [0.2, 0.25) is 0 Å². The number of nitrogens with zero attached hydrogens (tertiary/aromatic N) is 1. The average Bonchev–Trinajstić information content (AvgIpc) is 2.83. The van der Waals surface area contributed by atoms with Gasteiger partial charge in [0.25, 0.3) is 11.8 Å². The number of imide groups is 1. The molecule has 1 aromatic carbocycles. The summed E-state index contributed by atoms with van der Waals surface area (Å²) in [4.78, 5) is 25.6. The molecular formula is C14H15NO4. The van der Waals surface area contributed by atoms with Crippen molar-refractivity contribution < 1.29 is 19.1 Å². The highest BCUT2D eigenvalue weighted by atomic mass is 16.7. The maximum atomic E-state index is 12.2. The van der Waals surface area contributed by atoms with Crippen LogP contribution in [0.2, 0.25) is 0 Å². The molecule has 0 radical (unpaired) electrons. The van der Waals surface area contributed by atoms with E-state index in [0.717, 1.165) is 0 Å². The van der Waals surface area contributed by atoms with Crippen LogP contribution in [0.25, 0.3) is 0 Å². The SMILES string of the molecule is CC1(C)OCC(CN2C(=O)c3ccccc3C2=O)O1. The number of rotatable bonds is 2. The van der Waals surface area contributed by atoms with E-state index >= 15 is 0 Å². The number of hydrogen-bond donors (Lipinski definition) is 0. The number of carbonyl (C=O) groups is 2.